The van der Waals surface area contributed by atoms with Crippen LogP contribution in [0.3, 0.4) is 0 Å². The van der Waals surface area contributed by atoms with Crippen LogP contribution in [-0.4, -0.2) is 24.1 Å². The number of oxazole rings is 1. The number of anilines is 1. The normalized spacial score (nSPS) is 24.7. The maximum Gasteiger partial charge on any atom is 0.298 e. The number of aromatic nitrogens is 1. The maximum atomic E-state index is 5.84. The van der Waals surface area contributed by atoms with Crippen LogP contribution >= 0.6 is 0 Å². The lowest BCUT2D eigenvalue weighted by Crippen LogP contribution is -2.38. The summed E-state index contributed by atoms with van der Waals surface area (Å²) in [5.74, 6) is 0.606. The quantitative estimate of drug-likeness (QED) is 0.859. The van der Waals surface area contributed by atoms with Crippen LogP contribution in [-0.2, 0) is 0 Å². The molecule has 1 aromatic heterocycles. The molecule has 0 radical (unpaired) electrons. The second kappa shape index (κ2) is 4.04. The highest BCUT2D eigenvalue weighted by Crippen LogP contribution is 2.30. The predicted molar refractivity (Wildman–Crippen MR) is 68.0 cm³/mol. The first kappa shape index (κ1) is 10.6. The molecule has 2 heterocycles. The molecule has 2 atom stereocenters. The Bertz CT molecular complexity index is 489. The molecule has 1 aliphatic rings. The van der Waals surface area contributed by atoms with Gasteiger partial charge in [0.15, 0.2) is 5.58 Å². The molecule has 0 amide bonds. The molecule has 2 unspecified atom stereocenters. The van der Waals surface area contributed by atoms with Gasteiger partial charge in [-0.3, -0.25) is 0 Å². The first-order chi connectivity index (χ1) is 8.29. The number of benzene rings is 1. The van der Waals surface area contributed by atoms with Crippen molar-refractivity contribution < 1.29 is 4.42 Å². The van der Waals surface area contributed by atoms with Crippen molar-refractivity contribution in [2.75, 3.05) is 18.0 Å². The molecule has 0 aliphatic carbocycles. The predicted octanol–water partition coefficient (Wildman–Crippen LogP) is 2.00. The van der Waals surface area contributed by atoms with E-state index in [1.54, 1.807) is 0 Å². The molecular formula is C13H17N3O. The highest BCUT2D eigenvalue weighted by atomic mass is 16.4. The minimum Gasteiger partial charge on any atom is -0.423 e. The van der Waals surface area contributed by atoms with Crippen molar-refractivity contribution in [1.82, 2.24) is 4.98 Å². The molecule has 0 saturated carbocycles. The molecule has 4 nitrogen and oxygen atoms in total. The van der Waals surface area contributed by atoms with Gasteiger partial charge in [0.05, 0.1) is 0 Å². The zero-order chi connectivity index (χ0) is 11.8. The number of nitrogens with two attached hydrogens (primary N) is 1. The summed E-state index contributed by atoms with van der Waals surface area (Å²) in [6, 6.07) is 8.92. The van der Waals surface area contributed by atoms with Crippen LogP contribution in [0.15, 0.2) is 28.7 Å². The summed E-state index contributed by atoms with van der Waals surface area (Å²) in [4.78, 5) is 6.73. The number of hydrogen-bond acceptors (Lipinski definition) is 4. The highest BCUT2D eigenvalue weighted by molar-refractivity contribution is 5.74. The van der Waals surface area contributed by atoms with Crippen molar-refractivity contribution in [2.45, 2.75) is 19.4 Å². The van der Waals surface area contributed by atoms with Gasteiger partial charge in [-0.05, 0) is 24.5 Å². The molecule has 1 aliphatic heterocycles. The van der Waals surface area contributed by atoms with E-state index in [2.05, 4.69) is 16.8 Å². The van der Waals surface area contributed by atoms with Crippen molar-refractivity contribution >= 4 is 17.1 Å². The lowest BCUT2D eigenvalue weighted by molar-refractivity contribution is 0.491. The Balaban J connectivity index is 1.98. The summed E-state index contributed by atoms with van der Waals surface area (Å²) in [6.45, 7) is 3.87. The van der Waals surface area contributed by atoms with Gasteiger partial charge in [-0.1, -0.05) is 19.1 Å². The van der Waals surface area contributed by atoms with Crippen LogP contribution in [0, 0.1) is 5.92 Å². The minimum absolute atomic E-state index is 0.350. The summed E-state index contributed by atoms with van der Waals surface area (Å²) in [5.41, 5.74) is 7.59. The zero-order valence-electron chi connectivity index (χ0n) is 9.97. The van der Waals surface area contributed by atoms with Crippen LogP contribution in [0.5, 0.6) is 0 Å². The van der Waals surface area contributed by atoms with Crippen LogP contribution in [0.1, 0.15) is 13.3 Å². The first-order valence-corrected chi connectivity index (χ1v) is 6.12. The van der Waals surface area contributed by atoms with Crippen LogP contribution < -0.4 is 10.6 Å². The van der Waals surface area contributed by atoms with Gasteiger partial charge in [-0.15, -0.1) is 0 Å². The molecule has 2 aromatic rings. The van der Waals surface area contributed by atoms with Gasteiger partial charge in [-0.2, -0.15) is 4.98 Å². The monoisotopic (exact) mass is 231 g/mol. The van der Waals surface area contributed by atoms with E-state index in [4.69, 9.17) is 10.2 Å². The summed E-state index contributed by atoms with van der Waals surface area (Å²) >= 11 is 0. The van der Waals surface area contributed by atoms with Crippen LogP contribution in [0.4, 0.5) is 6.01 Å². The smallest absolute Gasteiger partial charge is 0.298 e. The fourth-order valence-electron chi connectivity index (χ4n) is 2.59. The van der Waals surface area contributed by atoms with E-state index in [0.717, 1.165) is 24.1 Å². The Morgan fingerprint density at radius 2 is 2.29 bits per heavy atom. The van der Waals surface area contributed by atoms with E-state index in [0.29, 0.717) is 24.5 Å². The van der Waals surface area contributed by atoms with Crippen LogP contribution in [0.25, 0.3) is 11.1 Å². The Morgan fingerprint density at radius 3 is 3.06 bits per heavy atom. The molecule has 4 heteroatoms. The Morgan fingerprint density at radius 1 is 1.47 bits per heavy atom. The average molecular weight is 231 g/mol. The second-order valence-electron chi connectivity index (χ2n) is 4.73. The van der Waals surface area contributed by atoms with Crippen molar-refractivity contribution in [2.24, 2.45) is 11.7 Å². The summed E-state index contributed by atoms with van der Waals surface area (Å²) in [5, 5.41) is 0. The van der Waals surface area contributed by atoms with Gasteiger partial charge < -0.3 is 15.1 Å². The van der Waals surface area contributed by atoms with Crippen LogP contribution in [0.2, 0.25) is 0 Å². The largest absolute Gasteiger partial charge is 0.423 e. The number of hydrogen-bond donors (Lipinski definition) is 1. The SMILES string of the molecule is CC1CCN(c2nc3ccccc3o2)C1CN. The lowest BCUT2D eigenvalue weighted by atomic mass is 10.0. The van der Waals surface area contributed by atoms with Crippen molar-refractivity contribution in [1.29, 1.82) is 0 Å². The van der Waals surface area contributed by atoms with E-state index in [-0.39, 0.29) is 0 Å². The number of rotatable bonds is 2. The van der Waals surface area contributed by atoms with Crippen molar-refractivity contribution in [3.63, 3.8) is 0 Å². The molecule has 3 rings (SSSR count). The number of nitrogens with zero attached hydrogens (tertiary/aromatic N) is 2. The van der Waals surface area contributed by atoms with Gasteiger partial charge in [0, 0.05) is 19.1 Å². The third-order valence-electron chi connectivity index (χ3n) is 3.65. The molecule has 2 N–H and O–H groups in total. The van der Waals surface area contributed by atoms with Gasteiger partial charge in [0.1, 0.15) is 5.52 Å². The van der Waals surface area contributed by atoms with E-state index in [1.807, 2.05) is 24.3 Å². The van der Waals surface area contributed by atoms with Gasteiger partial charge in [0.2, 0.25) is 0 Å². The molecular weight excluding hydrogens is 214 g/mol. The van der Waals surface area contributed by atoms with E-state index in [9.17, 15) is 0 Å². The third-order valence-corrected chi connectivity index (χ3v) is 3.65. The van der Waals surface area contributed by atoms with E-state index >= 15 is 0 Å². The number of para-hydroxylation sites is 2. The molecule has 0 bridgehead atoms. The Labute approximate surface area is 100 Å². The summed E-state index contributed by atoms with van der Waals surface area (Å²) in [6.07, 6.45) is 1.15. The average Bonchev–Trinajstić information content (AvgIpc) is 2.91. The standard InChI is InChI=1S/C13H17N3O/c1-9-6-7-16(11(9)8-14)13-15-10-4-2-3-5-12(10)17-13/h2-5,9,11H,6-8,14H2,1H3. The van der Waals surface area contributed by atoms with E-state index < -0.39 is 0 Å². The minimum atomic E-state index is 0.350. The van der Waals surface area contributed by atoms with Gasteiger partial charge in [0.25, 0.3) is 6.01 Å². The van der Waals surface area contributed by atoms with Crippen molar-refractivity contribution in [3.05, 3.63) is 24.3 Å². The van der Waals surface area contributed by atoms with E-state index in [1.165, 1.54) is 0 Å². The molecule has 1 fully saturated rings. The highest BCUT2D eigenvalue weighted by Gasteiger charge is 2.32. The summed E-state index contributed by atoms with van der Waals surface area (Å²) < 4.78 is 5.79. The molecule has 1 saturated heterocycles. The second-order valence-corrected chi connectivity index (χ2v) is 4.73. The fraction of sp³-hybridized carbons (Fsp3) is 0.462. The molecule has 1 aromatic carbocycles. The van der Waals surface area contributed by atoms with Gasteiger partial charge >= 0.3 is 0 Å². The van der Waals surface area contributed by atoms with Gasteiger partial charge in [-0.25, -0.2) is 0 Å². The molecule has 0 spiro atoms. The third kappa shape index (κ3) is 1.69. The van der Waals surface area contributed by atoms with Crippen molar-refractivity contribution in [3.8, 4) is 0 Å². The molecule has 90 valence electrons. The Hall–Kier alpha value is -1.55. The Kier molecular flexibility index (Phi) is 2.52. The molecule has 17 heavy (non-hydrogen) atoms. The topological polar surface area (TPSA) is 55.3 Å². The lowest BCUT2D eigenvalue weighted by Gasteiger charge is -2.23. The number of fused-ring (bicyclic) bond motifs is 1. The fourth-order valence-corrected chi connectivity index (χ4v) is 2.59. The zero-order valence-corrected chi connectivity index (χ0v) is 9.97. The summed E-state index contributed by atoms with van der Waals surface area (Å²) in [7, 11) is 0. The maximum absolute atomic E-state index is 5.84. The first-order valence-electron chi connectivity index (χ1n) is 6.12.